The zero-order valence-electron chi connectivity index (χ0n) is 14.0. The third-order valence-corrected chi connectivity index (χ3v) is 4.05. The van der Waals surface area contributed by atoms with Gasteiger partial charge in [-0.2, -0.15) is 5.10 Å². The van der Waals surface area contributed by atoms with Crippen LogP contribution in [0.1, 0.15) is 16.1 Å². The van der Waals surface area contributed by atoms with Crippen LogP contribution in [0.2, 0.25) is 0 Å². The average molecular weight is 346 g/mol. The van der Waals surface area contributed by atoms with E-state index in [0.717, 1.165) is 16.6 Å². The van der Waals surface area contributed by atoms with Gasteiger partial charge >= 0.3 is 0 Å². The smallest absolute Gasteiger partial charge is 0.257 e. The first kappa shape index (κ1) is 16.0. The Bertz CT molecular complexity index is 1100. The molecule has 4 aromatic rings. The standard InChI is InChI=1S/C20H15FN4O/c1-12-10-19(25-24-12)23-20(26)16-11-18(13-6-8-14(21)9-7-13)22-17-5-3-2-4-15(16)17/h2-11H,1H3,(H2,23,24,25,26). The number of nitrogens with zero attached hydrogens (tertiary/aromatic N) is 2. The van der Waals surface area contributed by atoms with E-state index in [0.29, 0.717) is 22.6 Å². The first-order chi connectivity index (χ1) is 12.6. The summed E-state index contributed by atoms with van der Waals surface area (Å²) in [5.41, 5.74) is 3.37. The third kappa shape index (κ3) is 3.04. The number of hydrogen-bond donors (Lipinski definition) is 2. The van der Waals surface area contributed by atoms with Crippen LogP contribution in [-0.2, 0) is 0 Å². The summed E-state index contributed by atoms with van der Waals surface area (Å²) in [6.45, 7) is 1.86. The molecule has 0 fully saturated rings. The maximum atomic E-state index is 13.2. The van der Waals surface area contributed by atoms with E-state index >= 15 is 0 Å². The molecule has 0 saturated carbocycles. The summed E-state index contributed by atoms with van der Waals surface area (Å²) in [6.07, 6.45) is 0. The number of benzene rings is 2. The Morgan fingerprint density at radius 2 is 1.85 bits per heavy atom. The van der Waals surface area contributed by atoms with Gasteiger partial charge in [-0.05, 0) is 43.3 Å². The maximum absolute atomic E-state index is 13.2. The van der Waals surface area contributed by atoms with E-state index in [1.165, 1.54) is 12.1 Å². The van der Waals surface area contributed by atoms with Crippen LogP contribution >= 0.6 is 0 Å². The molecule has 0 radical (unpaired) electrons. The number of para-hydroxylation sites is 1. The predicted octanol–water partition coefficient (Wildman–Crippen LogP) is 4.32. The van der Waals surface area contributed by atoms with Crippen molar-refractivity contribution in [3.63, 3.8) is 0 Å². The zero-order chi connectivity index (χ0) is 18.1. The number of anilines is 1. The van der Waals surface area contributed by atoms with Crippen molar-refractivity contribution in [3.8, 4) is 11.3 Å². The van der Waals surface area contributed by atoms with Gasteiger partial charge in [-0.15, -0.1) is 0 Å². The minimum atomic E-state index is -0.318. The predicted molar refractivity (Wildman–Crippen MR) is 98.4 cm³/mol. The highest BCUT2D eigenvalue weighted by molar-refractivity contribution is 6.12. The summed E-state index contributed by atoms with van der Waals surface area (Å²) < 4.78 is 13.2. The number of aromatic amines is 1. The van der Waals surface area contributed by atoms with Gasteiger partial charge in [-0.3, -0.25) is 9.89 Å². The molecule has 2 N–H and O–H groups in total. The molecule has 0 spiro atoms. The Balaban J connectivity index is 1.81. The Hall–Kier alpha value is -3.54. The van der Waals surface area contributed by atoms with E-state index in [4.69, 9.17) is 0 Å². The average Bonchev–Trinajstić information content (AvgIpc) is 3.06. The molecule has 2 aromatic heterocycles. The normalized spacial score (nSPS) is 10.8. The highest BCUT2D eigenvalue weighted by Gasteiger charge is 2.15. The molecule has 26 heavy (non-hydrogen) atoms. The van der Waals surface area contributed by atoms with Crippen molar-refractivity contribution in [2.45, 2.75) is 6.92 Å². The van der Waals surface area contributed by atoms with E-state index in [1.807, 2.05) is 31.2 Å². The van der Waals surface area contributed by atoms with Crippen molar-refractivity contribution in [1.29, 1.82) is 0 Å². The number of aryl methyl sites for hydroxylation is 1. The number of pyridine rings is 1. The van der Waals surface area contributed by atoms with Gasteiger partial charge in [0.15, 0.2) is 5.82 Å². The van der Waals surface area contributed by atoms with Crippen LogP contribution in [0.4, 0.5) is 10.2 Å². The highest BCUT2D eigenvalue weighted by atomic mass is 19.1. The number of amides is 1. The number of H-pyrrole nitrogens is 1. The fourth-order valence-electron chi connectivity index (χ4n) is 2.80. The molecule has 0 atom stereocenters. The second-order valence-corrected chi connectivity index (χ2v) is 5.97. The van der Waals surface area contributed by atoms with Gasteiger partial charge in [-0.1, -0.05) is 18.2 Å². The minimum absolute atomic E-state index is 0.279. The van der Waals surface area contributed by atoms with E-state index < -0.39 is 0 Å². The summed E-state index contributed by atoms with van der Waals surface area (Å²) in [5.74, 6) is -0.142. The summed E-state index contributed by atoms with van der Waals surface area (Å²) in [6, 6.07) is 16.9. The second kappa shape index (κ2) is 6.40. The lowest BCUT2D eigenvalue weighted by Gasteiger charge is -2.09. The van der Waals surface area contributed by atoms with Crippen LogP contribution in [0.3, 0.4) is 0 Å². The molecule has 2 aromatic carbocycles. The molecule has 0 saturated heterocycles. The molecule has 4 rings (SSSR count). The monoisotopic (exact) mass is 346 g/mol. The number of nitrogens with one attached hydrogen (secondary N) is 2. The lowest BCUT2D eigenvalue weighted by atomic mass is 10.0. The van der Waals surface area contributed by atoms with Crippen molar-refractivity contribution in [1.82, 2.24) is 15.2 Å². The molecular formula is C20H15FN4O. The molecule has 128 valence electrons. The topological polar surface area (TPSA) is 70.7 Å². The van der Waals surface area contributed by atoms with Crippen molar-refractivity contribution in [2.24, 2.45) is 0 Å². The fraction of sp³-hybridized carbons (Fsp3) is 0.0500. The molecule has 0 aliphatic rings. The number of halogens is 1. The van der Waals surface area contributed by atoms with Crippen molar-refractivity contribution < 1.29 is 9.18 Å². The fourth-order valence-corrected chi connectivity index (χ4v) is 2.80. The summed E-state index contributed by atoms with van der Waals surface area (Å²) >= 11 is 0. The third-order valence-electron chi connectivity index (χ3n) is 4.05. The molecule has 0 aliphatic carbocycles. The number of carbonyl (C=O) groups excluding carboxylic acids is 1. The SMILES string of the molecule is Cc1cc(NC(=O)c2cc(-c3ccc(F)cc3)nc3ccccc23)n[nH]1. The van der Waals surface area contributed by atoms with Crippen LogP contribution in [0.15, 0.2) is 60.7 Å². The van der Waals surface area contributed by atoms with Gasteiger partial charge < -0.3 is 5.32 Å². The van der Waals surface area contributed by atoms with Crippen molar-refractivity contribution in [3.05, 3.63) is 77.7 Å². The lowest BCUT2D eigenvalue weighted by Crippen LogP contribution is -2.13. The molecule has 0 aliphatic heterocycles. The van der Waals surface area contributed by atoms with Crippen LogP contribution in [0, 0.1) is 12.7 Å². The lowest BCUT2D eigenvalue weighted by molar-refractivity contribution is 0.102. The van der Waals surface area contributed by atoms with Gasteiger partial charge in [0, 0.05) is 22.7 Å². The summed E-state index contributed by atoms with van der Waals surface area (Å²) in [4.78, 5) is 17.4. The van der Waals surface area contributed by atoms with Crippen molar-refractivity contribution in [2.75, 3.05) is 5.32 Å². The number of aromatic nitrogens is 3. The Kier molecular flexibility index (Phi) is 3.93. The van der Waals surface area contributed by atoms with Gasteiger partial charge in [0.05, 0.1) is 16.8 Å². The molecule has 6 heteroatoms. The molecule has 5 nitrogen and oxygen atoms in total. The van der Waals surface area contributed by atoms with Gasteiger partial charge in [0.25, 0.3) is 5.91 Å². The Morgan fingerprint density at radius 3 is 2.58 bits per heavy atom. The minimum Gasteiger partial charge on any atom is -0.305 e. The Morgan fingerprint density at radius 1 is 1.08 bits per heavy atom. The first-order valence-corrected chi connectivity index (χ1v) is 8.09. The quantitative estimate of drug-likeness (QED) is 0.580. The van der Waals surface area contributed by atoms with E-state index in [2.05, 4.69) is 20.5 Å². The van der Waals surface area contributed by atoms with Gasteiger partial charge in [0.2, 0.25) is 0 Å². The van der Waals surface area contributed by atoms with E-state index in [9.17, 15) is 9.18 Å². The van der Waals surface area contributed by atoms with E-state index in [-0.39, 0.29) is 11.7 Å². The van der Waals surface area contributed by atoms with Crippen molar-refractivity contribution >= 4 is 22.6 Å². The highest BCUT2D eigenvalue weighted by Crippen LogP contribution is 2.25. The zero-order valence-corrected chi connectivity index (χ0v) is 14.0. The summed E-state index contributed by atoms with van der Waals surface area (Å²) in [5, 5.41) is 10.4. The van der Waals surface area contributed by atoms with Crippen LogP contribution < -0.4 is 5.32 Å². The largest absolute Gasteiger partial charge is 0.305 e. The van der Waals surface area contributed by atoms with E-state index in [1.54, 1.807) is 24.3 Å². The number of rotatable bonds is 3. The molecule has 0 bridgehead atoms. The second-order valence-electron chi connectivity index (χ2n) is 5.97. The van der Waals surface area contributed by atoms with Gasteiger partial charge in [-0.25, -0.2) is 9.37 Å². The molecule has 0 unspecified atom stereocenters. The summed E-state index contributed by atoms with van der Waals surface area (Å²) in [7, 11) is 0. The first-order valence-electron chi connectivity index (χ1n) is 8.09. The molecular weight excluding hydrogens is 331 g/mol. The maximum Gasteiger partial charge on any atom is 0.257 e. The Labute approximate surface area is 148 Å². The molecule has 2 heterocycles. The number of hydrogen-bond acceptors (Lipinski definition) is 3. The number of carbonyl (C=O) groups is 1. The van der Waals surface area contributed by atoms with Gasteiger partial charge in [0.1, 0.15) is 5.82 Å². The van der Waals surface area contributed by atoms with Crippen LogP contribution in [-0.4, -0.2) is 21.1 Å². The molecule has 1 amide bonds. The number of fused-ring (bicyclic) bond motifs is 1. The van der Waals surface area contributed by atoms with Crippen LogP contribution in [0.25, 0.3) is 22.2 Å². The van der Waals surface area contributed by atoms with Crippen LogP contribution in [0.5, 0.6) is 0 Å².